The van der Waals surface area contributed by atoms with Gasteiger partial charge >= 0.3 is 0 Å². The lowest BCUT2D eigenvalue weighted by atomic mass is 10.0. The number of hydrogen-bond acceptors (Lipinski definition) is 7. The first kappa shape index (κ1) is 21.3. The van der Waals surface area contributed by atoms with E-state index in [9.17, 15) is 19.1 Å². The molecule has 5 N–H and O–H groups in total. The minimum Gasteiger partial charge on any atom is -0.507 e. The molecular formula is C22H22FN5O4. The third kappa shape index (κ3) is 4.26. The fraction of sp³-hybridized carbons (Fsp3) is 0.227. The molecule has 2 aromatic carbocycles. The van der Waals surface area contributed by atoms with Crippen LogP contribution in [-0.2, 0) is 0 Å². The van der Waals surface area contributed by atoms with Crippen molar-refractivity contribution in [3.8, 4) is 11.5 Å². The molecule has 4 rings (SSSR count). The molecule has 0 bridgehead atoms. The lowest BCUT2D eigenvalue weighted by Crippen LogP contribution is -2.46. The van der Waals surface area contributed by atoms with Gasteiger partial charge in [-0.05, 0) is 36.4 Å². The molecule has 0 unspecified atom stereocenters. The van der Waals surface area contributed by atoms with Gasteiger partial charge in [0.1, 0.15) is 11.3 Å². The van der Waals surface area contributed by atoms with Gasteiger partial charge in [0.15, 0.2) is 17.3 Å². The number of H-pyrrole nitrogens is 1. The van der Waals surface area contributed by atoms with Gasteiger partial charge in [0.05, 0.1) is 31.0 Å². The summed E-state index contributed by atoms with van der Waals surface area (Å²) in [6.07, 6.45) is 2.98. The van der Waals surface area contributed by atoms with Crippen LogP contribution in [-0.4, -0.2) is 59.3 Å². The zero-order valence-corrected chi connectivity index (χ0v) is 17.2. The normalized spacial score (nSPS) is 17.7. The van der Waals surface area contributed by atoms with Crippen molar-refractivity contribution in [2.24, 2.45) is 0 Å². The Bertz CT molecular complexity index is 1120. The Labute approximate surface area is 183 Å². The molecule has 2 heterocycles. The monoisotopic (exact) mass is 439 g/mol. The van der Waals surface area contributed by atoms with E-state index in [1.165, 1.54) is 31.6 Å². The Morgan fingerprint density at radius 2 is 1.88 bits per heavy atom. The van der Waals surface area contributed by atoms with Crippen LogP contribution in [0.5, 0.6) is 11.5 Å². The highest BCUT2D eigenvalue weighted by Gasteiger charge is 2.29. The Kier molecular flexibility index (Phi) is 6.04. The summed E-state index contributed by atoms with van der Waals surface area (Å²) in [6, 6.07) is 8.72. The molecule has 0 spiro atoms. The predicted octanol–water partition coefficient (Wildman–Crippen LogP) is 1.68. The largest absolute Gasteiger partial charge is 0.507 e. The van der Waals surface area contributed by atoms with E-state index in [4.69, 9.17) is 4.74 Å². The number of benzene rings is 2. The number of hydrogen-bond donors (Lipinski definition) is 5. The molecule has 1 amide bonds. The van der Waals surface area contributed by atoms with Crippen molar-refractivity contribution in [3.05, 3.63) is 71.3 Å². The molecule has 1 aliphatic heterocycles. The summed E-state index contributed by atoms with van der Waals surface area (Å²) in [5.74, 6) is -2.36. The second kappa shape index (κ2) is 9.06. The van der Waals surface area contributed by atoms with Crippen LogP contribution in [0.15, 0.2) is 48.8 Å². The van der Waals surface area contributed by atoms with Gasteiger partial charge in [0.2, 0.25) is 0 Å². The Morgan fingerprint density at radius 1 is 1.12 bits per heavy atom. The highest BCUT2D eigenvalue weighted by molar-refractivity contribution is 6.11. The number of nitrogens with zero attached hydrogens (tertiary/aromatic N) is 1. The standard InChI is InChI=1S/C22H22FN5O4/c1-32-18-7-6-17(29)19(20(18)23)21(30)12-2-4-14(5-3-12)27-15-10-24-11-16(15)28-22(31)13-8-25-26-9-13/h2-9,15-16,24,27,29H,10-11H2,1H3,(H,25,26)(H,28,31)/t15-,16-/m1/s1. The van der Waals surface area contributed by atoms with E-state index in [0.29, 0.717) is 18.7 Å². The molecule has 10 heteroatoms. The number of methoxy groups -OCH3 is 1. The van der Waals surface area contributed by atoms with Gasteiger partial charge in [-0.2, -0.15) is 5.10 Å². The summed E-state index contributed by atoms with van der Waals surface area (Å²) < 4.78 is 19.4. The molecule has 32 heavy (non-hydrogen) atoms. The SMILES string of the molecule is COc1ccc(O)c(C(=O)c2ccc(N[C@@H]3CNC[C@H]3NC(=O)c3cn[nH]c3)cc2)c1F. The molecule has 1 aromatic heterocycles. The van der Waals surface area contributed by atoms with Crippen molar-refractivity contribution in [2.45, 2.75) is 12.1 Å². The lowest BCUT2D eigenvalue weighted by molar-refractivity contribution is 0.0937. The molecule has 0 saturated carbocycles. The van der Waals surface area contributed by atoms with Crippen LogP contribution in [0.1, 0.15) is 26.3 Å². The molecule has 0 radical (unpaired) electrons. The zero-order valence-electron chi connectivity index (χ0n) is 17.2. The number of aromatic hydroxyl groups is 1. The third-order valence-electron chi connectivity index (χ3n) is 5.32. The van der Waals surface area contributed by atoms with Gasteiger partial charge in [-0.25, -0.2) is 4.39 Å². The first-order chi connectivity index (χ1) is 15.5. The number of phenolic OH excluding ortho intramolecular Hbond substituents is 1. The zero-order chi connectivity index (χ0) is 22.7. The Morgan fingerprint density at radius 3 is 2.56 bits per heavy atom. The lowest BCUT2D eigenvalue weighted by Gasteiger charge is -2.22. The molecule has 1 aliphatic rings. The molecule has 2 atom stereocenters. The summed E-state index contributed by atoms with van der Waals surface area (Å²) >= 11 is 0. The number of aromatic amines is 1. The van der Waals surface area contributed by atoms with Crippen LogP contribution >= 0.6 is 0 Å². The first-order valence-corrected chi connectivity index (χ1v) is 9.95. The van der Waals surface area contributed by atoms with Gasteiger partial charge in [-0.1, -0.05) is 0 Å². The van der Waals surface area contributed by atoms with Crippen molar-refractivity contribution in [2.75, 3.05) is 25.5 Å². The van der Waals surface area contributed by atoms with Crippen molar-refractivity contribution >= 4 is 17.4 Å². The molecule has 0 aliphatic carbocycles. The van der Waals surface area contributed by atoms with Gasteiger partial charge in [-0.15, -0.1) is 0 Å². The Hall–Kier alpha value is -3.92. The predicted molar refractivity (Wildman–Crippen MR) is 115 cm³/mol. The van der Waals surface area contributed by atoms with Gasteiger partial charge in [-0.3, -0.25) is 14.7 Å². The minimum absolute atomic E-state index is 0.0766. The summed E-state index contributed by atoms with van der Waals surface area (Å²) in [4.78, 5) is 25.0. The average Bonchev–Trinajstić information content (AvgIpc) is 3.47. The quantitative estimate of drug-likeness (QED) is 0.354. The summed E-state index contributed by atoms with van der Waals surface area (Å²) in [7, 11) is 1.28. The molecule has 166 valence electrons. The molecule has 9 nitrogen and oxygen atoms in total. The number of carbonyl (C=O) groups excluding carboxylic acids is 2. The number of phenols is 1. The number of carbonyl (C=O) groups is 2. The fourth-order valence-corrected chi connectivity index (χ4v) is 3.61. The van der Waals surface area contributed by atoms with Crippen LogP contribution in [0, 0.1) is 5.82 Å². The van der Waals surface area contributed by atoms with E-state index in [1.807, 2.05) is 0 Å². The fourth-order valence-electron chi connectivity index (χ4n) is 3.61. The topological polar surface area (TPSA) is 128 Å². The Balaban J connectivity index is 1.45. The van der Waals surface area contributed by atoms with E-state index in [0.717, 1.165) is 5.69 Å². The van der Waals surface area contributed by atoms with E-state index in [1.54, 1.807) is 24.3 Å². The van der Waals surface area contributed by atoms with Crippen molar-refractivity contribution < 1.29 is 23.8 Å². The molecule has 1 saturated heterocycles. The molecular weight excluding hydrogens is 417 g/mol. The van der Waals surface area contributed by atoms with Crippen molar-refractivity contribution in [3.63, 3.8) is 0 Å². The van der Waals surface area contributed by atoms with Crippen LogP contribution in [0.2, 0.25) is 0 Å². The second-order valence-corrected chi connectivity index (χ2v) is 7.36. The summed E-state index contributed by atoms with van der Waals surface area (Å²) in [6.45, 7) is 1.24. The smallest absolute Gasteiger partial charge is 0.254 e. The number of ether oxygens (including phenoxy) is 1. The first-order valence-electron chi connectivity index (χ1n) is 9.95. The van der Waals surface area contributed by atoms with E-state index < -0.39 is 22.9 Å². The van der Waals surface area contributed by atoms with E-state index in [2.05, 4.69) is 26.1 Å². The summed E-state index contributed by atoms with van der Waals surface area (Å²) in [5, 5.41) is 25.9. The number of rotatable bonds is 7. The maximum Gasteiger partial charge on any atom is 0.254 e. The summed E-state index contributed by atoms with van der Waals surface area (Å²) in [5.41, 5.74) is 0.958. The van der Waals surface area contributed by atoms with Gasteiger partial charge in [0.25, 0.3) is 5.91 Å². The number of anilines is 1. The maximum atomic E-state index is 14.5. The molecule has 3 aromatic rings. The van der Waals surface area contributed by atoms with Crippen molar-refractivity contribution in [1.29, 1.82) is 0 Å². The van der Waals surface area contributed by atoms with Crippen molar-refractivity contribution in [1.82, 2.24) is 20.8 Å². The third-order valence-corrected chi connectivity index (χ3v) is 5.32. The second-order valence-electron chi connectivity index (χ2n) is 7.36. The highest BCUT2D eigenvalue weighted by atomic mass is 19.1. The van der Waals surface area contributed by atoms with Crippen LogP contribution < -0.4 is 20.7 Å². The maximum absolute atomic E-state index is 14.5. The number of ketones is 1. The number of aromatic nitrogens is 2. The molecule has 1 fully saturated rings. The van der Waals surface area contributed by atoms with E-state index >= 15 is 0 Å². The van der Waals surface area contributed by atoms with Crippen LogP contribution in [0.25, 0.3) is 0 Å². The average molecular weight is 439 g/mol. The number of nitrogens with one attached hydrogen (secondary N) is 4. The van der Waals surface area contributed by atoms with Crippen LogP contribution in [0.4, 0.5) is 10.1 Å². The van der Waals surface area contributed by atoms with Gasteiger partial charge < -0.3 is 25.8 Å². The van der Waals surface area contributed by atoms with E-state index in [-0.39, 0.29) is 29.3 Å². The highest BCUT2D eigenvalue weighted by Crippen LogP contribution is 2.30. The number of amides is 1. The van der Waals surface area contributed by atoms with Gasteiger partial charge in [0, 0.05) is 30.5 Å². The van der Waals surface area contributed by atoms with Crippen LogP contribution in [0.3, 0.4) is 0 Å². The number of halogens is 1. The minimum atomic E-state index is -0.909.